The van der Waals surface area contributed by atoms with Crippen LogP contribution in [0, 0.1) is 5.92 Å². The van der Waals surface area contributed by atoms with Crippen LogP contribution in [-0.2, 0) is 4.79 Å². The minimum atomic E-state index is -1.89. The molecule has 3 aromatic rings. The van der Waals surface area contributed by atoms with E-state index in [2.05, 4.69) is 15.4 Å². The summed E-state index contributed by atoms with van der Waals surface area (Å²) in [5.74, 6) is -0.838. The third-order valence-electron chi connectivity index (χ3n) is 7.17. The van der Waals surface area contributed by atoms with Gasteiger partial charge < -0.3 is 24.6 Å². The summed E-state index contributed by atoms with van der Waals surface area (Å²) >= 11 is 12.8. The Hall–Kier alpha value is -3.76. The molecule has 0 saturated heterocycles. The first kappa shape index (κ1) is 23.6. The van der Waals surface area contributed by atoms with Gasteiger partial charge in [-0.1, -0.05) is 36.2 Å². The summed E-state index contributed by atoms with van der Waals surface area (Å²) in [7, 11) is 2.84. The van der Waals surface area contributed by atoms with Gasteiger partial charge in [0.25, 0.3) is 0 Å². The summed E-state index contributed by atoms with van der Waals surface area (Å²) in [6.07, 6.45) is 1.66. The number of ketones is 2. The van der Waals surface area contributed by atoms with Crippen LogP contribution in [0.4, 0.5) is 5.95 Å². The number of benzene rings is 2. The summed E-state index contributed by atoms with van der Waals surface area (Å²) in [6.45, 7) is 1.77. The Morgan fingerprint density at radius 1 is 1.16 bits per heavy atom. The average molecular weight is 543 g/mol. The summed E-state index contributed by atoms with van der Waals surface area (Å²) in [5.41, 5.74) is -0.348. The van der Waals surface area contributed by atoms with Gasteiger partial charge in [-0.15, -0.1) is 0 Å². The molecule has 0 bridgehead atoms. The molecule has 3 atom stereocenters. The molecule has 0 unspecified atom stereocenters. The van der Waals surface area contributed by atoms with E-state index in [-0.39, 0.29) is 44.2 Å². The number of carbonyl (C=O) groups is 2. The number of carbonyl (C=O) groups excluding carboxylic acids is 2. The molecule has 1 aliphatic carbocycles. The molecule has 3 heterocycles. The lowest BCUT2D eigenvalue weighted by Crippen LogP contribution is -2.58. The Labute approximate surface area is 220 Å². The van der Waals surface area contributed by atoms with Crippen molar-refractivity contribution >= 4 is 40.7 Å². The van der Waals surface area contributed by atoms with Gasteiger partial charge in [-0.25, -0.2) is 4.68 Å². The van der Waals surface area contributed by atoms with Crippen molar-refractivity contribution in [1.82, 2.24) is 14.8 Å². The highest BCUT2D eigenvalue weighted by Crippen LogP contribution is 2.55. The number of nitrogens with one attached hydrogen (secondary N) is 1. The third kappa shape index (κ3) is 3.05. The fraction of sp³-hybridized carbons (Fsp3) is 0.280. The quantitative estimate of drug-likeness (QED) is 0.468. The molecule has 2 N–H and O–H groups in total. The Kier molecular flexibility index (Phi) is 5.19. The maximum absolute atomic E-state index is 14.5. The maximum atomic E-state index is 14.5. The first-order valence-electron chi connectivity index (χ1n) is 11.3. The van der Waals surface area contributed by atoms with E-state index in [1.165, 1.54) is 37.4 Å². The number of Topliss-reactive ketones (excluding diaryl/α,β-unsaturated/α-hetero) is 2. The highest BCUT2D eigenvalue weighted by Gasteiger charge is 2.63. The van der Waals surface area contributed by atoms with Crippen LogP contribution < -0.4 is 19.5 Å². The van der Waals surface area contributed by atoms with Crippen LogP contribution in [0.1, 0.15) is 35.3 Å². The van der Waals surface area contributed by atoms with Gasteiger partial charge in [-0.2, -0.15) is 10.1 Å². The van der Waals surface area contributed by atoms with E-state index >= 15 is 0 Å². The lowest BCUT2D eigenvalue weighted by atomic mass is 9.69. The molecule has 10 nitrogen and oxygen atoms in total. The van der Waals surface area contributed by atoms with E-state index in [0.29, 0.717) is 23.6 Å². The zero-order chi connectivity index (χ0) is 26.2. The van der Waals surface area contributed by atoms with Crippen molar-refractivity contribution in [3.8, 4) is 23.0 Å². The minimum absolute atomic E-state index is 0.0431. The van der Waals surface area contributed by atoms with E-state index in [1.807, 2.05) is 0 Å². The predicted molar refractivity (Wildman–Crippen MR) is 133 cm³/mol. The number of hydrogen-bond donors (Lipinski definition) is 2. The van der Waals surface area contributed by atoms with Crippen LogP contribution in [-0.4, -0.2) is 51.3 Å². The van der Waals surface area contributed by atoms with Crippen LogP contribution in [0.3, 0.4) is 0 Å². The van der Waals surface area contributed by atoms with Gasteiger partial charge in [0.05, 0.1) is 19.2 Å². The van der Waals surface area contributed by atoms with E-state index < -0.39 is 29.1 Å². The number of methoxy groups -OCH3 is 2. The van der Waals surface area contributed by atoms with Crippen molar-refractivity contribution in [2.24, 2.45) is 5.92 Å². The number of phenols is 1. The number of allylic oxidation sites excluding steroid dienone is 1. The lowest BCUT2D eigenvalue weighted by molar-refractivity contribution is -0.130. The Bertz CT molecular complexity index is 1550. The smallest absolute Gasteiger partial charge is 0.236 e. The number of rotatable bonds is 3. The molecule has 0 fully saturated rings. The van der Waals surface area contributed by atoms with Crippen molar-refractivity contribution in [2.75, 3.05) is 19.5 Å². The average Bonchev–Trinajstić information content (AvgIpc) is 3.47. The van der Waals surface area contributed by atoms with Crippen molar-refractivity contribution in [2.45, 2.75) is 25.0 Å². The first-order chi connectivity index (χ1) is 17.7. The summed E-state index contributed by atoms with van der Waals surface area (Å²) in [5, 5.41) is 17.7. The summed E-state index contributed by atoms with van der Waals surface area (Å²) in [6, 6.07) is 5.34. The molecule has 37 heavy (non-hydrogen) atoms. The zero-order valence-corrected chi connectivity index (χ0v) is 21.3. The number of anilines is 1. The number of halogens is 2. The van der Waals surface area contributed by atoms with Crippen LogP contribution >= 0.6 is 23.2 Å². The van der Waals surface area contributed by atoms with Crippen molar-refractivity contribution in [3.63, 3.8) is 0 Å². The second-order valence-corrected chi connectivity index (χ2v) is 9.84. The highest BCUT2D eigenvalue weighted by molar-refractivity contribution is 6.36. The fourth-order valence-electron chi connectivity index (χ4n) is 5.39. The third-order valence-corrected chi connectivity index (χ3v) is 7.83. The molecule has 6 rings (SSSR count). The van der Waals surface area contributed by atoms with E-state index in [4.69, 9.17) is 37.4 Å². The van der Waals surface area contributed by atoms with Crippen LogP contribution in [0.25, 0.3) is 0 Å². The molecule has 0 saturated carbocycles. The molecule has 0 amide bonds. The fourth-order valence-corrected chi connectivity index (χ4v) is 5.84. The van der Waals surface area contributed by atoms with Gasteiger partial charge in [0, 0.05) is 23.3 Å². The van der Waals surface area contributed by atoms with E-state index in [1.54, 1.807) is 19.1 Å². The molecule has 1 spiro atoms. The lowest BCUT2D eigenvalue weighted by Gasteiger charge is -2.41. The largest absolute Gasteiger partial charge is 0.506 e. The molecule has 3 aliphatic rings. The van der Waals surface area contributed by atoms with Gasteiger partial charge >= 0.3 is 0 Å². The van der Waals surface area contributed by atoms with Gasteiger partial charge in [-0.05, 0) is 24.1 Å². The van der Waals surface area contributed by atoms with Crippen molar-refractivity contribution in [1.29, 1.82) is 0 Å². The first-order valence-corrected chi connectivity index (χ1v) is 12.1. The van der Waals surface area contributed by atoms with E-state index in [9.17, 15) is 14.7 Å². The van der Waals surface area contributed by atoms with Crippen molar-refractivity contribution < 1.29 is 28.9 Å². The van der Waals surface area contributed by atoms with Gasteiger partial charge in [-0.3, -0.25) is 9.59 Å². The van der Waals surface area contributed by atoms with Gasteiger partial charge in [0.2, 0.25) is 23.1 Å². The molecule has 0 radical (unpaired) electrons. The topological polar surface area (TPSA) is 125 Å². The number of nitrogens with zero attached hydrogens (tertiary/aromatic N) is 3. The SMILES string of the molecule is COc1cc(OC)c2c(c1Cl)O[C@@]1(C(=O)C3=C(C[C@H]1C)Nc1ncnn1[C@@H]3c1ccc(O)c(Cl)c1)C2=O. The summed E-state index contributed by atoms with van der Waals surface area (Å²) < 4.78 is 18.6. The molecule has 2 aromatic carbocycles. The Balaban J connectivity index is 1.54. The second-order valence-electron chi connectivity index (χ2n) is 9.06. The highest BCUT2D eigenvalue weighted by atomic mass is 35.5. The van der Waals surface area contributed by atoms with Gasteiger partial charge in [0.15, 0.2) is 5.75 Å². The van der Waals surface area contributed by atoms with Crippen LogP contribution in [0.2, 0.25) is 10.0 Å². The van der Waals surface area contributed by atoms with Crippen molar-refractivity contribution in [3.05, 3.63) is 63.0 Å². The number of aromatic hydroxyl groups is 1. The normalized spacial score (nSPS) is 23.8. The zero-order valence-electron chi connectivity index (χ0n) is 19.8. The summed E-state index contributed by atoms with van der Waals surface area (Å²) in [4.78, 5) is 32.9. The molecule has 12 heteroatoms. The van der Waals surface area contributed by atoms with Crippen LogP contribution in [0.5, 0.6) is 23.0 Å². The number of aromatic nitrogens is 3. The molecule has 1 aromatic heterocycles. The molecule has 190 valence electrons. The number of fused-ring (bicyclic) bond motifs is 2. The Morgan fingerprint density at radius 2 is 1.92 bits per heavy atom. The van der Waals surface area contributed by atoms with Gasteiger partial charge in [0.1, 0.15) is 40.2 Å². The predicted octanol–water partition coefficient (Wildman–Crippen LogP) is 4.20. The monoisotopic (exact) mass is 542 g/mol. The van der Waals surface area contributed by atoms with E-state index in [0.717, 1.165) is 0 Å². The standard InChI is InChI=1S/C25H20Cl2N4O6/c1-10-6-13-17(20(31-24(30-13)28-9-29-31)11-4-5-14(32)12(26)7-11)22(33)25(10)23(34)18-15(35-2)8-16(36-3)19(27)21(18)37-25/h4-5,7-10,20,32H,6H2,1-3H3,(H,28,29,30)/t10-,20-,25+/m1/s1. The van der Waals surface area contributed by atoms with Crippen LogP contribution in [0.15, 0.2) is 41.9 Å². The Morgan fingerprint density at radius 3 is 2.62 bits per heavy atom. The molecular weight excluding hydrogens is 523 g/mol. The number of phenolic OH excluding ortho intramolecular Hbond substituents is 1. The minimum Gasteiger partial charge on any atom is -0.506 e. The molecular formula is C25H20Cl2N4O6. The maximum Gasteiger partial charge on any atom is 0.236 e. The molecule has 2 aliphatic heterocycles. The number of hydrogen-bond acceptors (Lipinski definition) is 9. The second kappa shape index (κ2) is 8.12. The number of ether oxygens (including phenoxy) is 3.